The van der Waals surface area contributed by atoms with Gasteiger partial charge in [-0.25, -0.2) is 0 Å². The van der Waals surface area contributed by atoms with Crippen LogP contribution in [-0.2, 0) is 0 Å². The minimum absolute atomic E-state index is 0.0641. The fourth-order valence-corrected chi connectivity index (χ4v) is 4.39. The van der Waals surface area contributed by atoms with E-state index in [0.717, 1.165) is 25.7 Å². The average molecular weight is 231 g/mol. The molecule has 0 spiro atoms. The molecule has 0 saturated heterocycles. The minimum Gasteiger partial charge on any atom is -0.105 e. The highest BCUT2D eigenvalue weighted by Crippen LogP contribution is 2.50. The zero-order valence-electron chi connectivity index (χ0n) is 9.65. The van der Waals surface area contributed by atoms with Gasteiger partial charge in [0, 0.05) is 0 Å². The monoisotopic (exact) mass is 230 g/mol. The molecule has 0 aromatic carbocycles. The minimum atomic E-state index is -0.0641. The number of hydrogen-bond donors (Lipinski definition) is 0. The van der Waals surface area contributed by atoms with Crippen LogP contribution in [0.3, 0.4) is 0 Å². The van der Waals surface area contributed by atoms with Crippen LogP contribution in [0.5, 0.6) is 0 Å². The molecule has 1 aliphatic rings. The van der Waals surface area contributed by atoms with Gasteiger partial charge < -0.3 is 0 Å². The van der Waals surface area contributed by atoms with Crippen LogP contribution in [-0.4, -0.2) is 9.91 Å². The fourth-order valence-electron chi connectivity index (χ4n) is 2.24. The van der Waals surface area contributed by atoms with E-state index in [2.05, 4.69) is 27.7 Å². The summed E-state index contributed by atoms with van der Waals surface area (Å²) in [6.07, 6.45) is 4.46. The Kier molecular flexibility index (Phi) is 4.22. The summed E-state index contributed by atoms with van der Waals surface area (Å²) < 4.78 is -0.0641. The van der Waals surface area contributed by atoms with Gasteiger partial charge in [-0.05, 0) is 42.1 Å². The Morgan fingerprint density at radius 1 is 1.07 bits per heavy atom. The Morgan fingerprint density at radius 3 is 2.07 bits per heavy atom. The summed E-state index contributed by atoms with van der Waals surface area (Å²) in [7, 11) is 1.36. The normalized spacial score (nSPS) is 28.2. The van der Waals surface area contributed by atoms with Crippen molar-refractivity contribution in [3.05, 3.63) is 11.1 Å². The van der Waals surface area contributed by atoms with E-state index in [1.165, 1.54) is 13.8 Å². The van der Waals surface area contributed by atoms with Crippen LogP contribution in [0.2, 0.25) is 0 Å². The molecule has 1 heterocycles. The quantitative estimate of drug-likeness (QED) is 0.472. The molecule has 0 saturated carbocycles. The van der Waals surface area contributed by atoms with Crippen molar-refractivity contribution in [3.63, 3.8) is 0 Å². The first-order chi connectivity index (χ1) is 6.62. The smallest absolute Gasteiger partial charge is 0.105 e. The largest absolute Gasteiger partial charge is 0.107 e. The first-order valence-electron chi connectivity index (χ1n) is 5.63. The molecule has 0 aromatic heterocycles. The molecule has 1 atom stereocenters. The van der Waals surface area contributed by atoms with E-state index in [1.807, 2.05) is 0 Å². The Bertz CT molecular complexity index is 278. The Balaban J connectivity index is 3.15. The van der Waals surface area contributed by atoms with Crippen molar-refractivity contribution in [1.29, 1.82) is 0 Å². The maximum absolute atomic E-state index is 6.68. The lowest BCUT2D eigenvalue weighted by atomic mass is 9.95. The number of hydrogen-bond acceptors (Lipinski definition) is 0. The molecule has 0 nitrogen and oxygen atoms in total. The van der Waals surface area contributed by atoms with E-state index in [0.29, 0.717) is 0 Å². The average Bonchev–Trinajstić information content (AvgIpc) is 2.50. The Morgan fingerprint density at radius 2 is 1.71 bits per heavy atom. The summed E-state index contributed by atoms with van der Waals surface area (Å²) in [4.78, 5) is 0. The second-order valence-electron chi connectivity index (χ2n) is 3.69. The van der Waals surface area contributed by atoms with Crippen molar-refractivity contribution in [2.24, 2.45) is 0 Å². The van der Waals surface area contributed by atoms with Gasteiger partial charge >= 0.3 is 0 Å². The highest BCUT2D eigenvalue weighted by molar-refractivity contribution is 7.46. The number of halogens is 1. The van der Waals surface area contributed by atoms with Gasteiger partial charge in [-0.3, -0.25) is 0 Å². The van der Waals surface area contributed by atoms with E-state index in [1.54, 1.807) is 10.9 Å². The van der Waals surface area contributed by atoms with Crippen LogP contribution in [0.15, 0.2) is 11.1 Å². The predicted octanol–water partition coefficient (Wildman–Crippen LogP) is 4.99. The van der Waals surface area contributed by atoms with Crippen LogP contribution in [0, 0.1) is 0 Å². The van der Waals surface area contributed by atoms with Crippen molar-refractivity contribution in [3.8, 4) is 0 Å². The van der Waals surface area contributed by atoms with Crippen molar-refractivity contribution in [2.45, 2.75) is 58.0 Å². The lowest BCUT2D eigenvalue weighted by Gasteiger charge is -2.21. The maximum atomic E-state index is 6.68. The van der Waals surface area contributed by atoms with Crippen molar-refractivity contribution < 1.29 is 0 Å². The summed E-state index contributed by atoms with van der Waals surface area (Å²) in [6, 6.07) is 0. The summed E-state index contributed by atoms with van der Waals surface area (Å²) in [6.45, 7) is 8.91. The Labute approximate surface area is 94.5 Å². The van der Waals surface area contributed by atoms with Gasteiger partial charge in [0.15, 0.2) is 0 Å². The van der Waals surface area contributed by atoms with E-state index in [4.69, 9.17) is 11.6 Å². The highest BCUT2D eigenvalue weighted by atomic mass is 35.5. The van der Waals surface area contributed by atoms with Crippen molar-refractivity contribution in [1.82, 2.24) is 0 Å². The van der Waals surface area contributed by atoms with E-state index < -0.39 is 0 Å². The summed E-state index contributed by atoms with van der Waals surface area (Å²) in [5, 5.41) is 1.57. The van der Waals surface area contributed by atoms with E-state index in [-0.39, 0.29) is 4.62 Å². The molecule has 80 valence electrons. The standard InChI is InChI=1S/C12H20ClP/c1-5-9-10(6-2)12(13,8-4)14-11(9)7-3/h5-8H2,1-4H3. The number of allylic oxidation sites excluding steroid dienone is 2. The molecule has 0 N–H and O–H groups in total. The fraction of sp³-hybridized carbons (Fsp3) is 0.750. The summed E-state index contributed by atoms with van der Waals surface area (Å²) >= 11 is 6.68. The van der Waals surface area contributed by atoms with Gasteiger partial charge in [0.1, 0.15) is 4.62 Å². The summed E-state index contributed by atoms with van der Waals surface area (Å²) in [5.74, 6) is 0. The molecule has 1 aliphatic heterocycles. The van der Waals surface area contributed by atoms with Gasteiger partial charge in [-0.1, -0.05) is 35.9 Å². The van der Waals surface area contributed by atoms with Crippen LogP contribution in [0.1, 0.15) is 53.4 Å². The molecule has 0 bridgehead atoms. The van der Waals surface area contributed by atoms with E-state index >= 15 is 0 Å². The number of alkyl halides is 1. The molecule has 1 unspecified atom stereocenters. The van der Waals surface area contributed by atoms with Gasteiger partial charge in [-0.2, -0.15) is 0 Å². The molecular weight excluding hydrogens is 211 g/mol. The molecular formula is C12H20ClP. The maximum Gasteiger partial charge on any atom is 0.107 e. The topological polar surface area (TPSA) is 0 Å². The van der Waals surface area contributed by atoms with Crippen LogP contribution >= 0.6 is 19.8 Å². The van der Waals surface area contributed by atoms with Gasteiger partial charge in [0.2, 0.25) is 0 Å². The number of rotatable bonds is 4. The third kappa shape index (κ3) is 1.92. The molecule has 2 heteroatoms. The van der Waals surface area contributed by atoms with Gasteiger partial charge in [-0.15, -0.1) is 11.6 Å². The SMILES string of the molecule is CCC1=PC(Cl)(CC)C(CC)=C1CC. The molecule has 0 amide bonds. The molecule has 0 aromatic rings. The third-order valence-corrected chi connectivity index (χ3v) is 5.54. The first kappa shape index (κ1) is 12.3. The van der Waals surface area contributed by atoms with Crippen molar-refractivity contribution >= 4 is 25.1 Å². The second-order valence-corrected chi connectivity index (χ2v) is 6.12. The van der Waals surface area contributed by atoms with E-state index in [9.17, 15) is 0 Å². The first-order valence-corrected chi connectivity index (χ1v) is 6.90. The molecule has 0 fully saturated rings. The zero-order chi connectivity index (χ0) is 10.8. The molecule has 1 rings (SSSR count). The lowest BCUT2D eigenvalue weighted by molar-refractivity contribution is 0.806. The zero-order valence-corrected chi connectivity index (χ0v) is 11.3. The lowest BCUT2D eigenvalue weighted by Crippen LogP contribution is -2.13. The highest BCUT2D eigenvalue weighted by Gasteiger charge is 2.35. The molecule has 0 radical (unpaired) electrons. The predicted molar refractivity (Wildman–Crippen MR) is 68.7 cm³/mol. The van der Waals surface area contributed by atoms with Crippen LogP contribution in [0.4, 0.5) is 0 Å². The Hall–Kier alpha value is 0.200. The van der Waals surface area contributed by atoms with Crippen LogP contribution in [0.25, 0.3) is 0 Å². The molecule has 0 aliphatic carbocycles. The second kappa shape index (κ2) is 4.81. The third-order valence-electron chi connectivity index (χ3n) is 3.00. The van der Waals surface area contributed by atoms with Gasteiger partial charge in [0.05, 0.1) is 0 Å². The molecule has 14 heavy (non-hydrogen) atoms. The summed E-state index contributed by atoms with van der Waals surface area (Å²) in [5.41, 5.74) is 3.07. The van der Waals surface area contributed by atoms with Gasteiger partial charge in [0.25, 0.3) is 0 Å². The van der Waals surface area contributed by atoms with Crippen molar-refractivity contribution in [2.75, 3.05) is 0 Å². The van der Waals surface area contributed by atoms with Crippen LogP contribution < -0.4 is 0 Å².